The van der Waals surface area contributed by atoms with Gasteiger partial charge in [-0.2, -0.15) is 0 Å². The van der Waals surface area contributed by atoms with Crippen LogP contribution in [0.25, 0.3) is 0 Å². The Hall–Kier alpha value is -0.280. The molecule has 0 saturated carbocycles. The number of ether oxygens (including phenoxy) is 1. The van der Waals surface area contributed by atoms with Gasteiger partial charge in [0.15, 0.2) is 0 Å². The van der Waals surface area contributed by atoms with E-state index in [2.05, 4.69) is 12.2 Å². The molecule has 0 aromatic heterocycles. The Bertz CT molecular complexity index is 424. The van der Waals surface area contributed by atoms with Crippen molar-refractivity contribution in [2.75, 3.05) is 20.2 Å². The maximum Gasteiger partial charge on any atom is 0.0619 e. The number of rotatable bonds is 4. The fourth-order valence-electron chi connectivity index (χ4n) is 2.76. The van der Waals surface area contributed by atoms with E-state index in [9.17, 15) is 0 Å². The molecule has 1 saturated heterocycles. The Morgan fingerprint density at radius 1 is 1.44 bits per heavy atom. The van der Waals surface area contributed by atoms with Gasteiger partial charge in [0.25, 0.3) is 0 Å². The van der Waals surface area contributed by atoms with E-state index in [0.717, 1.165) is 41.6 Å². The number of hydrogen-bond acceptors (Lipinski definition) is 2. The highest BCUT2D eigenvalue weighted by atomic mass is 35.5. The zero-order valence-electron chi connectivity index (χ0n) is 10.8. The lowest BCUT2D eigenvalue weighted by molar-refractivity contribution is 0.0640. The second kappa shape index (κ2) is 5.79. The Morgan fingerprint density at radius 3 is 2.83 bits per heavy atom. The largest absolute Gasteiger partial charge is 0.378 e. The fraction of sp³-hybridized carbons (Fsp3) is 0.571. The molecule has 18 heavy (non-hydrogen) atoms. The monoisotopic (exact) mass is 287 g/mol. The van der Waals surface area contributed by atoms with E-state index in [0.29, 0.717) is 0 Å². The van der Waals surface area contributed by atoms with E-state index < -0.39 is 0 Å². The molecule has 1 aromatic rings. The molecule has 2 rings (SSSR count). The summed E-state index contributed by atoms with van der Waals surface area (Å²) in [5, 5.41) is 4.80. The summed E-state index contributed by atoms with van der Waals surface area (Å²) in [6, 6.07) is 5.66. The Labute approximate surface area is 119 Å². The van der Waals surface area contributed by atoms with Crippen LogP contribution in [0.5, 0.6) is 0 Å². The molecule has 1 N–H and O–H groups in total. The Balaban J connectivity index is 2.26. The molecule has 2 unspecified atom stereocenters. The van der Waals surface area contributed by atoms with Crippen LogP contribution in [-0.4, -0.2) is 26.3 Å². The summed E-state index contributed by atoms with van der Waals surface area (Å²) in [4.78, 5) is 0. The zero-order chi connectivity index (χ0) is 13.2. The van der Waals surface area contributed by atoms with Gasteiger partial charge in [-0.3, -0.25) is 0 Å². The molecule has 4 heteroatoms. The highest BCUT2D eigenvalue weighted by Gasteiger charge is 2.41. The van der Waals surface area contributed by atoms with Gasteiger partial charge in [-0.15, -0.1) is 0 Å². The molecule has 2 atom stereocenters. The van der Waals surface area contributed by atoms with Crippen molar-refractivity contribution in [2.24, 2.45) is 5.41 Å². The molecule has 0 bridgehead atoms. The van der Waals surface area contributed by atoms with Gasteiger partial charge in [0, 0.05) is 28.6 Å². The van der Waals surface area contributed by atoms with E-state index >= 15 is 0 Å². The minimum atomic E-state index is 0.114. The van der Waals surface area contributed by atoms with Gasteiger partial charge in [0.2, 0.25) is 0 Å². The third kappa shape index (κ3) is 2.83. The van der Waals surface area contributed by atoms with Gasteiger partial charge < -0.3 is 10.1 Å². The Kier molecular flexibility index (Phi) is 4.54. The lowest BCUT2D eigenvalue weighted by Crippen LogP contribution is -2.40. The molecule has 0 radical (unpaired) electrons. The summed E-state index contributed by atoms with van der Waals surface area (Å²) in [7, 11) is 1.98. The summed E-state index contributed by atoms with van der Waals surface area (Å²) in [6.45, 7) is 3.89. The molecule has 0 amide bonds. The number of halogens is 2. The molecule has 1 aromatic carbocycles. The van der Waals surface area contributed by atoms with Gasteiger partial charge in [0.1, 0.15) is 0 Å². The van der Waals surface area contributed by atoms with Crippen LogP contribution in [0.3, 0.4) is 0 Å². The van der Waals surface area contributed by atoms with E-state index in [-0.39, 0.29) is 11.5 Å². The number of benzene rings is 1. The smallest absolute Gasteiger partial charge is 0.0619 e. The van der Waals surface area contributed by atoms with Crippen LogP contribution >= 0.6 is 23.2 Å². The molecule has 0 spiro atoms. The second-order valence-electron chi connectivity index (χ2n) is 5.07. The lowest BCUT2D eigenvalue weighted by atomic mass is 9.76. The second-order valence-corrected chi connectivity index (χ2v) is 5.91. The SMILES string of the molecule is CNCC1(Cc2cc(Cl)ccc2Cl)CCOC1C. The van der Waals surface area contributed by atoms with Crippen molar-refractivity contribution in [2.45, 2.75) is 25.9 Å². The summed E-state index contributed by atoms with van der Waals surface area (Å²) in [6.07, 6.45) is 2.19. The highest BCUT2D eigenvalue weighted by molar-refractivity contribution is 6.33. The van der Waals surface area contributed by atoms with Crippen molar-refractivity contribution in [1.82, 2.24) is 5.32 Å². The summed E-state index contributed by atoms with van der Waals surface area (Å²) in [5.74, 6) is 0. The van der Waals surface area contributed by atoms with Crippen LogP contribution in [0.2, 0.25) is 10.0 Å². The minimum absolute atomic E-state index is 0.114. The molecule has 1 aliphatic heterocycles. The lowest BCUT2D eigenvalue weighted by Gasteiger charge is -2.32. The first-order valence-corrected chi connectivity index (χ1v) is 7.03. The van der Waals surface area contributed by atoms with Crippen LogP contribution in [0.4, 0.5) is 0 Å². The van der Waals surface area contributed by atoms with Gasteiger partial charge in [0.05, 0.1) is 6.10 Å². The van der Waals surface area contributed by atoms with E-state index in [1.807, 2.05) is 25.2 Å². The predicted octanol–water partition coefficient (Wildman–Crippen LogP) is 3.55. The molecule has 100 valence electrons. The summed E-state index contributed by atoms with van der Waals surface area (Å²) < 4.78 is 5.75. The van der Waals surface area contributed by atoms with Crippen molar-refractivity contribution in [3.8, 4) is 0 Å². The first-order chi connectivity index (χ1) is 8.57. The number of nitrogens with one attached hydrogen (secondary N) is 1. The number of hydrogen-bond donors (Lipinski definition) is 1. The van der Waals surface area contributed by atoms with Crippen LogP contribution in [-0.2, 0) is 11.2 Å². The average Bonchev–Trinajstić information content (AvgIpc) is 2.66. The van der Waals surface area contributed by atoms with Crippen LogP contribution in [0.15, 0.2) is 18.2 Å². The molecule has 1 fully saturated rings. The molecular weight excluding hydrogens is 269 g/mol. The van der Waals surface area contributed by atoms with Crippen molar-refractivity contribution < 1.29 is 4.74 Å². The Morgan fingerprint density at radius 2 is 2.22 bits per heavy atom. The van der Waals surface area contributed by atoms with E-state index in [4.69, 9.17) is 27.9 Å². The van der Waals surface area contributed by atoms with Crippen LogP contribution in [0.1, 0.15) is 18.9 Å². The summed E-state index contributed by atoms with van der Waals surface area (Å²) in [5.41, 5.74) is 1.22. The maximum absolute atomic E-state index is 6.26. The van der Waals surface area contributed by atoms with Gasteiger partial charge >= 0.3 is 0 Å². The molecular formula is C14H19Cl2NO. The molecule has 1 heterocycles. The molecule has 1 aliphatic rings. The van der Waals surface area contributed by atoms with Crippen molar-refractivity contribution in [3.05, 3.63) is 33.8 Å². The van der Waals surface area contributed by atoms with Crippen molar-refractivity contribution >= 4 is 23.2 Å². The normalized spacial score (nSPS) is 27.7. The average molecular weight is 288 g/mol. The van der Waals surface area contributed by atoms with Crippen LogP contribution in [0, 0.1) is 5.41 Å². The predicted molar refractivity (Wildman–Crippen MR) is 76.6 cm³/mol. The first kappa shape index (κ1) is 14.1. The zero-order valence-corrected chi connectivity index (χ0v) is 12.3. The topological polar surface area (TPSA) is 21.3 Å². The third-order valence-electron chi connectivity index (χ3n) is 3.91. The first-order valence-electron chi connectivity index (χ1n) is 6.27. The minimum Gasteiger partial charge on any atom is -0.378 e. The third-order valence-corrected chi connectivity index (χ3v) is 4.51. The van der Waals surface area contributed by atoms with Crippen molar-refractivity contribution in [3.63, 3.8) is 0 Å². The van der Waals surface area contributed by atoms with Gasteiger partial charge in [-0.25, -0.2) is 0 Å². The van der Waals surface area contributed by atoms with Gasteiger partial charge in [-0.1, -0.05) is 23.2 Å². The quantitative estimate of drug-likeness (QED) is 0.914. The van der Waals surface area contributed by atoms with E-state index in [1.165, 1.54) is 0 Å². The maximum atomic E-state index is 6.26. The molecule has 2 nitrogen and oxygen atoms in total. The standard InChI is InChI=1S/C14H19Cl2NO/c1-10-14(9-17-2,5-6-18-10)8-11-7-12(15)3-4-13(11)16/h3-4,7,10,17H,5-6,8-9H2,1-2H3. The highest BCUT2D eigenvalue weighted by Crippen LogP contribution is 2.39. The fourth-order valence-corrected chi connectivity index (χ4v) is 3.13. The van der Waals surface area contributed by atoms with Crippen LogP contribution < -0.4 is 5.32 Å². The van der Waals surface area contributed by atoms with Gasteiger partial charge in [-0.05, 0) is 50.6 Å². The summed E-state index contributed by atoms with van der Waals surface area (Å²) >= 11 is 12.3. The van der Waals surface area contributed by atoms with E-state index in [1.54, 1.807) is 0 Å². The van der Waals surface area contributed by atoms with Crippen molar-refractivity contribution in [1.29, 1.82) is 0 Å². The molecule has 0 aliphatic carbocycles.